The highest BCUT2D eigenvalue weighted by atomic mass is 16.5. The first kappa shape index (κ1) is 18.0. The Morgan fingerprint density at radius 2 is 2.07 bits per heavy atom. The van der Waals surface area contributed by atoms with Crippen molar-refractivity contribution in [1.82, 2.24) is 9.78 Å². The number of esters is 1. The normalized spacial score (nSPS) is 12.2. The van der Waals surface area contributed by atoms with Crippen LogP contribution in [0.3, 0.4) is 0 Å². The predicted octanol–water partition coefficient (Wildman–Crippen LogP) is 3.61. The molecule has 2 aromatic heterocycles. The number of methoxy groups -OCH3 is 1. The van der Waals surface area contributed by atoms with Gasteiger partial charge >= 0.3 is 5.97 Å². The average Bonchev–Trinajstić information content (AvgIpc) is 3.28. The van der Waals surface area contributed by atoms with E-state index in [4.69, 9.17) is 9.15 Å². The van der Waals surface area contributed by atoms with Crippen molar-refractivity contribution in [2.45, 2.75) is 33.2 Å². The van der Waals surface area contributed by atoms with Crippen LogP contribution in [0.15, 0.2) is 34.9 Å². The fourth-order valence-corrected chi connectivity index (χ4v) is 3.60. The van der Waals surface area contributed by atoms with E-state index in [0.717, 1.165) is 42.0 Å². The number of carbonyl (C=O) groups excluding carboxylic acids is 2. The Bertz CT molecular complexity index is 1080. The highest BCUT2D eigenvalue weighted by molar-refractivity contribution is 6.08. The van der Waals surface area contributed by atoms with Gasteiger partial charge in [-0.1, -0.05) is 12.1 Å². The van der Waals surface area contributed by atoms with Crippen LogP contribution in [0, 0.1) is 6.92 Å². The zero-order valence-corrected chi connectivity index (χ0v) is 16.0. The molecule has 0 saturated carbocycles. The summed E-state index contributed by atoms with van der Waals surface area (Å²) in [6.07, 6.45) is 3.61. The molecule has 0 saturated heterocycles. The molecule has 1 amide bonds. The number of aromatic nitrogens is 2. The maximum atomic E-state index is 12.9. The smallest absolute Gasteiger partial charge is 0.339 e. The van der Waals surface area contributed by atoms with Crippen LogP contribution < -0.4 is 5.32 Å². The van der Waals surface area contributed by atoms with Gasteiger partial charge in [0.2, 0.25) is 0 Å². The van der Waals surface area contributed by atoms with Gasteiger partial charge in [-0.25, -0.2) is 4.79 Å². The minimum atomic E-state index is -0.513. The second-order valence-corrected chi connectivity index (χ2v) is 6.70. The Morgan fingerprint density at radius 1 is 1.29 bits per heavy atom. The number of ether oxygens (including phenoxy) is 1. The number of aryl methyl sites for hydroxylation is 3. The Kier molecular flexibility index (Phi) is 4.50. The number of furan rings is 1. The van der Waals surface area contributed by atoms with Crippen molar-refractivity contribution in [3.8, 4) is 11.3 Å². The van der Waals surface area contributed by atoms with Gasteiger partial charge in [0.05, 0.1) is 24.1 Å². The first-order valence-corrected chi connectivity index (χ1v) is 9.21. The molecule has 7 nitrogen and oxygen atoms in total. The van der Waals surface area contributed by atoms with Crippen LogP contribution in [0.2, 0.25) is 0 Å². The molecule has 144 valence electrons. The summed E-state index contributed by atoms with van der Waals surface area (Å²) in [4.78, 5) is 24.8. The van der Waals surface area contributed by atoms with Gasteiger partial charge in [-0.15, -0.1) is 0 Å². The van der Waals surface area contributed by atoms with Gasteiger partial charge in [0.1, 0.15) is 5.76 Å². The van der Waals surface area contributed by atoms with E-state index >= 15 is 0 Å². The molecule has 1 aromatic carbocycles. The maximum absolute atomic E-state index is 12.9. The number of nitrogens with one attached hydrogen (secondary N) is 1. The number of para-hydroxylation sites is 1. The average molecular weight is 379 g/mol. The Labute approximate surface area is 162 Å². The van der Waals surface area contributed by atoms with E-state index in [1.54, 1.807) is 24.3 Å². The molecule has 7 heteroatoms. The number of hydrogen-bond acceptors (Lipinski definition) is 5. The second-order valence-electron chi connectivity index (χ2n) is 6.70. The molecule has 0 radical (unpaired) electrons. The van der Waals surface area contributed by atoms with Crippen molar-refractivity contribution < 1.29 is 18.7 Å². The Morgan fingerprint density at radius 3 is 2.82 bits per heavy atom. The lowest BCUT2D eigenvalue weighted by atomic mass is 9.93. The molecular weight excluding hydrogens is 358 g/mol. The molecule has 2 heterocycles. The summed E-state index contributed by atoms with van der Waals surface area (Å²) in [5, 5.41) is 7.41. The van der Waals surface area contributed by atoms with Crippen LogP contribution >= 0.6 is 0 Å². The largest absolute Gasteiger partial charge is 0.465 e. The van der Waals surface area contributed by atoms with Crippen LogP contribution in [0.25, 0.3) is 11.3 Å². The van der Waals surface area contributed by atoms with Crippen LogP contribution in [-0.2, 0) is 24.1 Å². The lowest BCUT2D eigenvalue weighted by Crippen LogP contribution is -2.15. The molecule has 28 heavy (non-hydrogen) atoms. The van der Waals surface area contributed by atoms with E-state index in [0.29, 0.717) is 5.69 Å². The number of anilines is 1. The van der Waals surface area contributed by atoms with Crippen LogP contribution in [0.5, 0.6) is 0 Å². The quantitative estimate of drug-likeness (QED) is 0.700. The van der Waals surface area contributed by atoms with Gasteiger partial charge in [-0.05, 0) is 38.0 Å². The number of benzene rings is 1. The number of amides is 1. The molecule has 0 unspecified atom stereocenters. The molecule has 0 bridgehead atoms. The van der Waals surface area contributed by atoms with E-state index in [1.807, 2.05) is 18.5 Å². The molecule has 0 spiro atoms. The summed E-state index contributed by atoms with van der Waals surface area (Å²) < 4.78 is 12.6. The van der Waals surface area contributed by atoms with E-state index in [1.165, 1.54) is 12.7 Å². The molecule has 3 aromatic rings. The number of nitrogens with zero attached hydrogens (tertiary/aromatic N) is 2. The third kappa shape index (κ3) is 2.89. The lowest BCUT2D eigenvalue weighted by Gasteiger charge is -2.09. The molecule has 4 rings (SSSR count). The first-order chi connectivity index (χ1) is 13.5. The fourth-order valence-electron chi connectivity index (χ4n) is 3.60. The first-order valence-electron chi connectivity index (χ1n) is 9.21. The van der Waals surface area contributed by atoms with Gasteiger partial charge in [0.15, 0.2) is 5.76 Å². The molecule has 0 fully saturated rings. The van der Waals surface area contributed by atoms with Gasteiger partial charge in [0, 0.05) is 30.3 Å². The van der Waals surface area contributed by atoms with E-state index in [2.05, 4.69) is 16.6 Å². The maximum Gasteiger partial charge on any atom is 0.339 e. The topological polar surface area (TPSA) is 86.4 Å². The molecule has 1 N–H and O–H groups in total. The minimum absolute atomic E-state index is 0.239. The highest BCUT2D eigenvalue weighted by Crippen LogP contribution is 2.38. The van der Waals surface area contributed by atoms with Gasteiger partial charge < -0.3 is 14.5 Å². The van der Waals surface area contributed by atoms with Crippen molar-refractivity contribution in [3.63, 3.8) is 0 Å². The number of carbonyl (C=O) groups is 2. The molecule has 0 aliphatic heterocycles. The third-order valence-corrected chi connectivity index (χ3v) is 5.03. The molecule has 1 aliphatic rings. The fraction of sp³-hybridized carbons (Fsp3) is 0.286. The molecule has 1 aliphatic carbocycles. The zero-order chi connectivity index (χ0) is 19.8. The van der Waals surface area contributed by atoms with Crippen LogP contribution in [-0.4, -0.2) is 28.8 Å². The zero-order valence-electron chi connectivity index (χ0n) is 16.0. The Balaban J connectivity index is 1.69. The Hall–Kier alpha value is -3.35. The number of hydrogen-bond donors (Lipinski definition) is 1. The predicted molar refractivity (Wildman–Crippen MR) is 103 cm³/mol. The molecule has 0 atom stereocenters. The SMILES string of the molecule is CCn1cc2c(n1)-c1c(oc(C(=O)Nc3ccccc3C(=O)OC)c1C)CC2. The summed E-state index contributed by atoms with van der Waals surface area (Å²) >= 11 is 0. The summed E-state index contributed by atoms with van der Waals surface area (Å²) in [6, 6.07) is 6.71. The van der Waals surface area contributed by atoms with Crippen molar-refractivity contribution in [2.75, 3.05) is 12.4 Å². The summed E-state index contributed by atoms with van der Waals surface area (Å²) in [5.74, 6) is 0.0992. The van der Waals surface area contributed by atoms with Crippen molar-refractivity contribution >= 4 is 17.6 Å². The van der Waals surface area contributed by atoms with E-state index in [-0.39, 0.29) is 11.3 Å². The van der Waals surface area contributed by atoms with E-state index < -0.39 is 11.9 Å². The summed E-state index contributed by atoms with van der Waals surface area (Å²) in [6.45, 7) is 4.69. The van der Waals surface area contributed by atoms with Gasteiger partial charge in [-0.2, -0.15) is 5.10 Å². The van der Waals surface area contributed by atoms with Crippen LogP contribution in [0.1, 0.15) is 44.7 Å². The summed E-state index contributed by atoms with van der Waals surface area (Å²) in [7, 11) is 1.30. The molecular formula is C21H21N3O4. The van der Waals surface area contributed by atoms with Crippen molar-refractivity contribution in [2.24, 2.45) is 0 Å². The van der Waals surface area contributed by atoms with Crippen LogP contribution in [0.4, 0.5) is 5.69 Å². The standard InChI is InChI=1S/C21H21N3O4/c1-4-24-11-13-9-10-16-17(18(13)23-24)12(2)19(28-16)20(25)22-15-8-6-5-7-14(15)21(26)27-3/h5-8,11H,4,9-10H2,1-3H3,(H,22,25). The lowest BCUT2D eigenvalue weighted by molar-refractivity contribution is 0.0602. The van der Waals surface area contributed by atoms with Gasteiger partial charge in [-0.3, -0.25) is 9.48 Å². The minimum Gasteiger partial charge on any atom is -0.465 e. The third-order valence-electron chi connectivity index (χ3n) is 5.03. The monoisotopic (exact) mass is 379 g/mol. The number of rotatable bonds is 4. The van der Waals surface area contributed by atoms with Crippen molar-refractivity contribution in [3.05, 3.63) is 58.7 Å². The number of fused-ring (bicyclic) bond motifs is 3. The summed E-state index contributed by atoms with van der Waals surface area (Å²) in [5.41, 5.74) is 4.38. The van der Waals surface area contributed by atoms with Crippen molar-refractivity contribution in [1.29, 1.82) is 0 Å². The van der Waals surface area contributed by atoms with Gasteiger partial charge in [0.25, 0.3) is 5.91 Å². The van der Waals surface area contributed by atoms with E-state index in [9.17, 15) is 9.59 Å². The second kappa shape index (κ2) is 6.99. The highest BCUT2D eigenvalue weighted by Gasteiger charge is 2.30.